The third kappa shape index (κ3) is 7.38. The van der Waals surface area contributed by atoms with E-state index in [1.165, 1.54) is 33.5 Å². The summed E-state index contributed by atoms with van der Waals surface area (Å²) in [6.45, 7) is 22.4. The molecule has 0 amide bonds. The molecular formula is C47H50N4OPt. The minimum Gasteiger partial charge on any atom is -0.509 e. The first-order valence-corrected chi connectivity index (χ1v) is 18.6. The van der Waals surface area contributed by atoms with Crippen molar-refractivity contribution in [2.24, 2.45) is 0 Å². The fraction of sp³-hybridized carbons (Fsp3) is 0.319. The Morgan fingerprint density at radius 3 is 2.25 bits per heavy atom. The zero-order valence-electron chi connectivity index (χ0n) is 32.7. The molecule has 0 fully saturated rings. The van der Waals surface area contributed by atoms with Crippen molar-refractivity contribution in [2.45, 2.75) is 98.8 Å². The molecule has 0 bridgehead atoms. The van der Waals surface area contributed by atoms with E-state index in [1.807, 2.05) is 24.4 Å². The second-order valence-corrected chi connectivity index (χ2v) is 16.4. The normalized spacial score (nSPS) is 12.1. The molecule has 3 aromatic heterocycles. The Bertz CT molecular complexity index is 2420. The maximum Gasteiger partial charge on any atom is 2.00 e. The van der Waals surface area contributed by atoms with Crippen molar-refractivity contribution in [1.82, 2.24) is 19.3 Å². The molecule has 6 heteroatoms. The Hall–Kier alpha value is -4.47. The topological polar surface area (TPSA) is 44.9 Å². The van der Waals surface area contributed by atoms with Gasteiger partial charge in [-0.25, -0.2) is 4.98 Å². The molecular weight excluding hydrogens is 832 g/mol. The van der Waals surface area contributed by atoms with Gasteiger partial charge in [0.15, 0.2) is 0 Å². The van der Waals surface area contributed by atoms with Gasteiger partial charge in [-0.2, -0.15) is 17.2 Å². The van der Waals surface area contributed by atoms with E-state index in [2.05, 4.69) is 157 Å². The first kappa shape index (κ1) is 38.3. The van der Waals surface area contributed by atoms with Crippen molar-refractivity contribution in [2.75, 3.05) is 0 Å². The molecule has 53 heavy (non-hydrogen) atoms. The number of benzene rings is 4. The van der Waals surface area contributed by atoms with E-state index in [0.29, 0.717) is 11.5 Å². The maximum atomic E-state index is 6.56. The molecule has 0 N–H and O–H groups in total. The first-order valence-electron chi connectivity index (χ1n) is 18.6. The van der Waals surface area contributed by atoms with Gasteiger partial charge in [-0.3, -0.25) is 4.68 Å². The summed E-state index contributed by atoms with van der Waals surface area (Å²) < 4.78 is 10.8. The Morgan fingerprint density at radius 1 is 0.792 bits per heavy atom. The number of nitrogens with zero attached hydrogens (tertiary/aromatic N) is 4. The van der Waals surface area contributed by atoms with Crippen LogP contribution in [0.5, 0.6) is 11.5 Å². The van der Waals surface area contributed by atoms with Crippen molar-refractivity contribution >= 4 is 21.8 Å². The molecule has 0 aliphatic rings. The number of hydrogen-bond acceptors (Lipinski definition) is 3. The zero-order valence-corrected chi connectivity index (χ0v) is 34.9. The summed E-state index contributed by atoms with van der Waals surface area (Å²) in [5.41, 5.74) is 11.6. The van der Waals surface area contributed by atoms with Crippen LogP contribution in [-0.4, -0.2) is 19.3 Å². The fourth-order valence-corrected chi connectivity index (χ4v) is 7.43. The van der Waals surface area contributed by atoms with Crippen LogP contribution in [0, 0.1) is 19.1 Å². The first-order chi connectivity index (χ1) is 24.7. The number of rotatable bonds is 8. The summed E-state index contributed by atoms with van der Waals surface area (Å²) in [7, 11) is 0. The van der Waals surface area contributed by atoms with Crippen LogP contribution < -0.4 is 4.74 Å². The van der Waals surface area contributed by atoms with Crippen LogP contribution in [0.2, 0.25) is 0 Å². The van der Waals surface area contributed by atoms with Crippen LogP contribution in [0.3, 0.4) is 0 Å². The van der Waals surface area contributed by atoms with E-state index in [4.69, 9.17) is 14.8 Å². The number of para-hydroxylation sites is 1. The average molecular weight is 882 g/mol. The minimum absolute atomic E-state index is 0. The minimum atomic E-state index is -0.00657. The summed E-state index contributed by atoms with van der Waals surface area (Å²) in [5.74, 6) is 2.34. The molecule has 3 heterocycles. The van der Waals surface area contributed by atoms with E-state index in [1.54, 1.807) is 0 Å². The van der Waals surface area contributed by atoms with E-state index >= 15 is 0 Å². The maximum absolute atomic E-state index is 6.56. The van der Waals surface area contributed by atoms with Crippen LogP contribution in [0.25, 0.3) is 44.4 Å². The van der Waals surface area contributed by atoms with Gasteiger partial charge in [0.1, 0.15) is 5.82 Å². The summed E-state index contributed by atoms with van der Waals surface area (Å²) in [6, 6.07) is 37.0. The standard InChI is InChI=1S/C47H50N4O.Pt/c1-11-15-41-44(32-20-23-39(31(4)26-32)47(8,9)10)45(30(2)3)49-51(41)34-16-14-17-35(28-34)52-36-21-22-38-37-18-12-13-19-40(37)50(42(38)29-36)43-27-33(24-25-48-43)46(5,6)7;/h12-14,16-27,30H,11,15H2,1-10H3;/q-2;+2. The van der Waals surface area contributed by atoms with Crippen LogP contribution in [0.4, 0.5) is 0 Å². The van der Waals surface area contributed by atoms with Gasteiger partial charge in [-0.05, 0) is 81.6 Å². The van der Waals surface area contributed by atoms with Gasteiger partial charge < -0.3 is 9.30 Å². The molecule has 0 aliphatic carbocycles. The summed E-state index contributed by atoms with van der Waals surface area (Å²) in [5, 5.41) is 7.52. The van der Waals surface area contributed by atoms with Crippen molar-refractivity contribution in [3.63, 3.8) is 0 Å². The van der Waals surface area contributed by atoms with E-state index in [-0.39, 0.29) is 37.8 Å². The molecule has 0 radical (unpaired) electrons. The van der Waals surface area contributed by atoms with Crippen LogP contribution in [0.15, 0.2) is 91.1 Å². The largest absolute Gasteiger partial charge is 2.00 e. The molecule has 274 valence electrons. The quantitative estimate of drug-likeness (QED) is 0.143. The third-order valence-electron chi connectivity index (χ3n) is 9.96. The van der Waals surface area contributed by atoms with E-state index in [0.717, 1.165) is 51.8 Å². The predicted molar refractivity (Wildman–Crippen MR) is 216 cm³/mol. The predicted octanol–water partition coefficient (Wildman–Crippen LogP) is 12.4. The molecule has 0 unspecified atom stereocenters. The fourth-order valence-electron chi connectivity index (χ4n) is 7.43. The summed E-state index contributed by atoms with van der Waals surface area (Å²) in [4.78, 5) is 4.83. The Labute approximate surface area is 329 Å². The number of aromatic nitrogens is 4. The molecule has 0 saturated carbocycles. The molecule has 4 aromatic carbocycles. The van der Waals surface area contributed by atoms with Gasteiger partial charge in [0.05, 0.1) is 5.69 Å². The Balaban J connectivity index is 0.00000481. The van der Waals surface area contributed by atoms with Crippen molar-refractivity contribution in [1.29, 1.82) is 0 Å². The van der Waals surface area contributed by atoms with E-state index < -0.39 is 0 Å². The van der Waals surface area contributed by atoms with E-state index in [9.17, 15) is 0 Å². The van der Waals surface area contributed by atoms with Crippen molar-refractivity contribution in [3.05, 3.63) is 131 Å². The van der Waals surface area contributed by atoms with Crippen molar-refractivity contribution in [3.8, 4) is 34.1 Å². The van der Waals surface area contributed by atoms with Gasteiger partial charge in [-0.1, -0.05) is 111 Å². The second-order valence-electron chi connectivity index (χ2n) is 16.4. The van der Waals surface area contributed by atoms with Crippen LogP contribution in [-0.2, 0) is 38.3 Å². The summed E-state index contributed by atoms with van der Waals surface area (Å²) in [6.07, 6.45) is 3.80. The Kier molecular flexibility index (Phi) is 10.6. The number of pyridine rings is 1. The molecule has 0 atom stereocenters. The molecule has 5 nitrogen and oxygen atoms in total. The average Bonchev–Trinajstić information content (AvgIpc) is 3.64. The molecule has 0 aliphatic heterocycles. The van der Waals surface area contributed by atoms with Crippen LogP contribution in [0.1, 0.15) is 103 Å². The van der Waals surface area contributed by atoms with Gasteiger partial charge in [0, 0.05) is 34.5 Å². The third-order valence-corrected chi connectivity index (χ3v) is 9.96. The van der Waals surface area contributed by atoms with Gasteiger partial charge in [0.2, 0.25) is 0 Å². The number of hydrogen-bond donors (Lipinski definition) is 0. The number of aryl methyl sites for hydroxylation is 1. The molecule has 0 spiro atoms. The van der Waals surface area contributed by atoms with Gasteiger partial charge >= 0.3 is 21.1 Å². The molecule has 7 rings (SSSR count). The number of ether oxygens (including phenoxy) is 1. The summed E-state index contributed by atoms with van der Waals surface area (Å²) >= 11 is 0. The zero-order chi connectivity index (χ0) is 36.9. The van der Waals surface area contributed by atoms with Gasteiger partial charge in [-0.15, -0.1) is 35.7 Å². The molecule has 7 aromatic rings. The smallest absolute Gasteiger partial charge is 0.509 e. The second kappa shape index (κ2) is 14.7. The molecule has 0 saturated heterocycles. The number of fused-ring (bicyclic) bond motifs is 3. The Morgan fingerprint density at radius 2 is 1.55 bits per heavy atom. The van der Waals surface area contributed by atoms with Gasteiger partial charge in [0.25, 0.3) is 0 Å². The SMILES string of the molecule is CCCc1c(-c2ccc(C(C)(C)C)c(C)c2)c(C(C)C)nn1-c1[c-]c(Oc2[c-]c3c(cc2)c2ccccc2n3-c2cc(C(C)(C)C)ccn2)ccc1.[Pt+2]. The van der Waals surface area contributed by atoms with Crippen molar-refractivity contribution < 1.29 is 25.8 Å². The monoisotopic (exact) mass is 881 g/mol. The van der Waals surface area contributed by atoms with Crippen LogP contribution >= 0.6 is 0 Å².